The molecular weight excluding hydrogens is 352 g/mol. The molecule has 8 heteroatoms. The van der Waals surface area contributed by atoms with Gasteiger partial charge < -0.3 is 9.84 Å². The zero-order valence-electron chi connectivity index (χ0n) is 13.2. The largest absolute Gasteiger partial charge is 0.416 e. The lowest BCUT2D eigenvalue weighted by Crippen LogP contribution is -2.14. The fourth-order valence-electron chi connectivity index (χ4n) is 2.30. The van der Waals surface area contributed by atoms with Gasteiger partial charge in [-0.05, 0) is 36.4 Å². The number of aromatic nitrogens is 1. The molecule has 0 aliphatic carbocycles. The van der Waals surface area contributed by atoms with Gasteiger partial charge in [0.25, 0.3) is 0 Å². The highest BCUT2D eigenvalue weighted by Crippen LogP contribution is 2.30. The second kappa shape index (κ2) is 6.99. The maximum Gasteiger partial charge on any atom is 0.416 e. The van der Waals surface area contributed by atoms with Gasteiger partial charge in [0, 0.05) is 11.8 Å². The molecule has 1 heterocycles. The Balaban J connectivity index is 1.65. The summed E-state index contributed by atoms with van der Waals surface area (Å²) in [5.41, 5.74) is -0.0931. The predicted molar refractivity (Wildman–Crippen MR) is 85.7 cm³/mol. The fraction of sp³-hybridized carbons (Fsp3) is 0.111. The zero-order chi connectivity index (χ0) is 18.7. The Hall–Kier alpha value is -3.16. The first-order valence-corrected chi connectivity index (χ1v) is 7.50. The van der Waals surface area contributed by atoms with Crippen LogP contribution in [0.15, 0.2) is 59.1 Å². The summed E-state index contributed by atoms with van der Waals surface area (Å²) in [7, 11) is 0. The van der Waals surface area contributed by atoms with E-state index in [2.05, 4.69) is 10.5 Å². The lowest BCUT2D eigenvalue weighted by molar-refractivity contribution is -0.137. The highest BCUT2D eigenvalue weighted by molar-refractivity contribution is 5.92. The summed E-state index contributed by atoms with van der Waals surface area (Å²) >= 11 is 0. The number of benzene rings is 2. The van der Waals surface area contributed by atoms with Gasteiger partial charge in [-0.15, -0.1) is 0 Å². The summed E-state index contributed by atoms with van der Waals surface area (Å²) in [6, 6.07) is 11.5. The predicted octanol–water partition coefficient (Wildman–Crippen LogP) is 4.68. The van der Waals surface area contributed by atoms with E-state index in [1.54, 1.807) is 6.07 Å². The van der Waals surface area contributed by atoms with Crippen LogP contribution in [0.25, 0.3) is 11.3 Å². The fourth-order valence-corrected chi connectivity index (χ4v) is 2.30. The van der Waals surface area contributed by atoms with Crippen LogP contribution in [0.3, 0.4) is 0 Å². The monoisotopic (exact) mass is 364 g/mol. The molecule has 0 aliphatic heterocycles. The summed E-state index contributed by atoms with van der Waals surface area (Å²) in [6.45, 7) is 0. The van der Waals surface area contributed by atoms with Crippen LogP contribution in [-0.2, 0) is 17.4 Å². The molecular formula is C18H12F4N2O2. The summed E-state index contributed by atoms with van der Waals surface area (Å²) in [4.78, 5) is 12.0. The number of alkyl halides is 3. The van der Waals surface area contributed by atoms with E-state index in [1.807, 2.05) is 0 Å². The molecule has 134 valence electrons. The van der Waals surface area contributed by atoms with E-state index in [9.17, 15) is 22.4 Å². The van der Waals surface area contributed by atoms with Gasteiger partial charge in [0.2, 0.25) is 5.91 Å². The van der Waals surface area contributed by atoms with Crippen molar-refractivity contribution in [2.75, 3.05) is 5.32 Å². The lowest BCUT2D eigenvalue weighted by Gasteiger charge is -2.08. The number of nitrogens with zero attached hydrogens (tertiary/aromatic N) is 1. The molecule has 0 atom stereocenters. The van der Waals surface area contributed by atoms with Gasteiger partial charge in [0.05, 0.1) is 23.2 Å². The Bertz CT molecular complexity index is 917. The molecule has 1 aromatic heterocycles. The summed E-state index contributed by atoms with van der Waals surface area (Å²) in [6.07, 6.45) is -4.61. The summed E-state index contributed by atoms with van der Waals surface area (Å²) < 4.78 is 56.3. The van der Waals surface area contributed by atoms with Gasteiger partial charge in [0.15, 0.2) is 5.76 Å². The quantitative estimate of drug-likeness (QED) is 0.684. The van der Waals surface area contributed by atoms with Crippen molar-refractivity contribution in [2.24, 2.45) is 0 Å². The first-order valence-electron chi connectivity index (χ1n) is 7.50. The van der Waals surface area contributed by atoms with Crippen LogP contribution in [-0.4, -0.2) is 11.1 Å². The summed E-state index contributed by atoms with van der Waals surface area (Å²) in [5.74, 6) is -0.789. The number of hydrogen-bond acceptors (Lipinski definition) is 3. The second-order valence-electron chi connectivity index (χ2n) is 5.46. The zero-order valence-corrected chi connectivity index (χ0v) is 13.2. The number of amides is 1. The van der Waals surface area contributed by atoms with Crippen LogP contribution >= 0.6 is 0 Å². The van der Waals surface area contributed by atoms with Crippen molar-refractivity contribution in [2.45, 2.75) is 12.6 Å². The summed E-state index contributed by atoms with van der Waals surface area (Å²) in [5, 5.41) is 6.18. The lowest BCUT2D eigenvalue weighted by atomic mass is 10.1. The normalized spacial score (nSPS) is 11.4. The number of hydrogen-bond donors (Lipinski definition) is 1. The Labute approximate surface area is 145 Å². The molecule has 0 unspecified atom stereocenters. The molecule has 0 saturated heterocycles. The van der Waals surface area contributed by atoms with Crippen LogP contribution in [0.1, 0.15) is 11.3 Å². The SMILES string of the molecule is O=C(Cc1cc(-c2ccccc2F)on1)Nc1ccc(C(F)(F)F)cc1. The van der Waals surface area contributed by atoms with Crippen LogP contribution in [0, 0.1) is 5.82 Å². The number of halogens is 4. The molecule has 1 amide bonds. The molecule has 0 aliphatic rings. The standard InChI is InChI=1S/C18H12F4N2O2/c19-15-4-2-1-3-14(15)16-9-13(24-26-16)10-17(25)23-12-7-5-11(6-8-12)18(20,21)22/h1-9H,10H2,(H,23,25). The van der Waals surface area contributed by atoms with Crippen molar-refractivity contribution in [3.63, 3.8) is 0 Å². The number of rotatable bonds is 4. The van der Waals surface area contributed by atoms with E-state index in [1.165, 1.54) is 24.3 Å². The van der Waals surface area contributed by atoms with Crippen molar-refractivity contribution in [3.05, 3.63) is 71.7 Å². The second-order valence-corrected chi connectivity index (χ2v) is 5.46. The average molecular weight is 364 g/mol. The van der Waals surface area contributed by atoms with Gasteiger partial charge >= 0.3 is 6.18 Å². The van der Waals surface area contributed by atoms with Crippen molar-refractivity contribution >= 4 is 11.6 Å². The Morgan fingerprint density at radius 2 is 1.77 bits per heavy atom. The Kier molecular flexibility index (Phi) is 4.75. The van der Waals surface area contributed by atoms with Crippen molar-refractivity contribution in [3.8, 4) is 11.3 Å². The molecule has 3 aromatic rings. The van der Waals surface area contributed by atoms with Gasteiger partial charge in [-0.25, -0.2) is 4.39 Å². The van der Waals surface area contributed by atoms with Crippen LogP contribution in [0.4, 0.5) is 23.2 Å². The van der Waals surface area contributed by atoms with E-state index >= 15 is 0 Å². The van der Waals surface area contributed by atoms with Crippen LogP contribution < -0.4 is 5.32 Å². The minimum Gasteiger partial charge on any atom is -0.356 e. The highest BCUT2D eigenvalue weighted by atomic mass is 19.4. The van der Waals surface area contributed by atoms with Crippen molar-refractivity contribution in [1.82, 2.24) is 5.16 Å². The van der Waals surface area contributed by atoms with Gasteiger partial charge in [-0.1, -0.05) is 17.3 Å². The van der Waals surface area contributed by atoms with Crippen LogP contribution in [0.2, 0.25) is 0 Å². The number of carbonyl (C=O) groups excluding carboxylic acids is 1. The Morgan fingerprint density at radius 3 is 2.42 bits per heavy atom. The first kappa shape index (κ1) is 17.7. The van der Waals surface area contributed by atoms with E-state index in [4.69, 9.17) is 4.52 Å². The van der Waals surface area contributed by atoms with E-state index in [0.29, 0.717) is 0 Å². The minimum atomic E-state index is -4.44. The van der Waals surface area contributed by atoms with Crippen molar-refractivity contribution in [1.29, 1.82) is 0 Å². The smallest absolute Gasteiger partial charge is 0.356 e. The third kappa shape index (κ3) is 4.08. The topological polar surface area (TPSA) is 55.1 Å². The minimum absolute atomic E-state index is 0.168. The molecule has 0 fully saturated rings. The van der Waals surface area contributed by atoms with E-state index < -0.39 is 23.5 Å². The average Bonchev–Trinajstić information content (AvgIpc) is 3.03. The molecule has 4 nitrogen and oxygen atoms in total. The maximum absolute atomic E-state index is 13.7. The third-order valence-electron chi connectivity index (χ3n) is 3.54. The van der Waals surface area contributed by atoms with E-state index in [-0.39, 0.29) is 29.1 Å². The van der Waals surface area contributed by atoms with E-state index in [0.717, 1.165) is 24.3 Å². The van der Waals surface area contributed by atoms with Gasteiger partial charge in [-0.2, -0.15) is 13.2 Å². The number of carbonyl (C=O) groups is 1. The molecule has 0 bridgehead atoms. The molecule has 2 aromatic carbocycles. The highest BCUT2D eigenvalue weighted by Gasteiger charge is 2.30. The first-order chi connectivity index (χ1) is 12.3. The van der Waals surface area contributed by atoms with Gasteiger partial charge in [-0.3, -0.25) is 4.79 Å². The van der Waals surface area contributed by atoms with Gasteiger partial charge in [0.1, 0.15) is 5.82 Å². The molecule has 1 N–H and O–H groups in total. The molecule has 26 heavy (non-hydrogen) atoms. The van der Waals surface area contributed by atoms with Crippen LogP contribution in [0.5, 0.6) is 0 Å². The Morgan fingerprint density at radius 1 is 1.08 bits per heavy atom. The maximum atomic E-state index is 13.7. The molecule has 3 rings (SSSR count). The molecule has 0 saturated carbocycles. The third-order valence-corrected chi connectivity index (χ3v) is 3.54. The molecule has 0 radical (unpaired) electrons. The molecule has 0 spiro atoms. The number of anilines is 1. The van der Waals surface area contributed by atoms with Crippen molar-refractivity contribution < 1.29 is 26.9 Å². The number of nitrogens with one attached hydrogen (secondary N) is 1.